The van der Waals surface area contributed by atoms with Crippen molar-refractivity contribution in [2.24, 2.45) is 0 Å². The van der Waals surface area contributed by atoms with Crippen LogP contribution in [0.4, 0.5) is 0 Å². The van der Waals surface area contributed by atoms with Crippen LogP contribution >= 0.6 is 11.6 Å². The van der Waals surface area contributed by atoms with Gasteiger partial charge in [0.2, 0.25) is 5.91 Å². The Kier molecular flexibility index (Phi) is 5.99. The average Bonchev–Trinajstić information content (AvgIpc) is 2.38. The molecule has 0 aromatic heterocycles. The van der Waals surface area contributed by atoms with Crippen molar-refractivity contribution >= 4 is 23.3 Å². The number of carbonyl (C=O) groups excluding carboxylic acids is 2. The predicted octanol–water partition coefficient (Wildman–Crippen LogP) is 1.93. The second-order valence-electron chi connectivity index (χ2n) is 4.52. The lowest BCUT2D eigenvalue weighted by Gasteiger charge is -2.21. The lowest BCUT2D eigenvalue weighted by Crippen LogP contribution is -2.39. The Morgan fingerprint density at radius 3 is 2.16 bits per heavy atom. The molecule has 0 aliphatic carbocycles. The van der Waals surface area contributed by atoms with Gasteiger partial charge in [-0.15, -0.1) is 0 Å². The fraction of sp³-hybridized carbons (Fsp3) is 0.429. The van der Waals surface area contributed by atoms with Crippen LogP contribution in [-0.4, -0.2) is 55.2 Å². The van der Waals surface area contributed by atoms with Crippen LogP contribution < -0.4 is 0 Å². The third kappa shape index (κ3) is 5.01. The number of hydrogen-bond donors (Lipinski definition) is 0. The predicted molar refractivity (Wildman–Crippen MR) is 76.6 cm³/mol. The maximum atomic E-state index is 12.1. The van der Waals surface area contributed by atoms with Crippen LogP contribution in [0.15, 0.2) is 24.3 Å². The van der Waals surface area contributed by atoms with Gasteiger partial charge in [0, 0.05) is 24.7 Å². The molecule has 4 nitrogen and oxygen atoms in total. The van der Waals surface area contributed by atoms with E-state index in [2.05, 4.69) is 0 Å². The largest absolute Gasteiger partial charge is 0.348 e. The van der Waals surface area contributed by atoms with E-state index in [0.29, 0.717) is 17.1 Å². The lowest BCUT2D eigenvalue weighted by molar-refractivity contribution is -0.129. The number of amides is 1. The van der Waals surface area contributed by atoms with Crippen LogP contribution in [0.3, 0.4) is 0 Å². The van der Waals surface area contributed by atoms with E-state index in [0.717, 1.165) is 0 Å². The molecule has 0 saturated heterocycles. The third-order valence-corrected chi connectivity index (χ3v) is 3.09. The smallest absolute Gasteiger partial charge is 0.236 e. The molecule has 0 fully saturated rings. The van der Waals surface area contributed by atoms with Gasteiger partial charge in [0.15, 0.2) is 5.78 Å². The van der Waals surface area contributed by atoms with E-state index in [1.807, 2.05) is 11.8 Å². The Hall–Kier alpha value is -1.39. The Morgan fingerprint density at radius 1 is 1.11 bits per heavy atom. The minimum atomic E-state index is -0.00919. The van der Waals surface area contributed by atoms with Crippen molar-refractivity contribution in [1.29, 1.82) is 0 Å². The third-order valence-electron chi connectivity index (χ3n) is 2.84. The van der Waals surface area contributed by atoms with E-state index >= 15 is 0 Å². The van der Waals surface area contributed by atoms with Gasteiger partial charge in [0.05, 0.1) is 13.1 Å². The van der Waals surface area contributed by atoms with Crippen LogP contribution in [0.25, 0.3) is 0 Å². The van der Waals surface area contributed by atoms with Gasteiger partial charge in [0.25, 0.3) is 0 Å². The summed E-state index contributed by atoms with van der Waals surface area (Å²) in [4.78, 5) is 27.0. The number of Topliss-reactive ketones (excluding diaryl/α,β-unsaturated/α-hetero) is 1. The van der Waals surface area contributed by atoms with Crippen molar-refractivity contribution in [3.05, 3.63) is 34.9 Å². The van der Waals surface area contributed by atoms with E-state index in [9.17, 15) is 9.59 Å². The van der Waals surface area contributed by atoms with Gasteiger partial charge in [-0.1, -0.05) is 18.5 Å². The number of likely N-dealkylation sites (N-methyl/N-ethyl adjacent to an activating group) is 2. The maximum Gasteiger partial charge on any atom is 0.236 e. The zero-order valence-corrected chi connectivity index (χ0v) is 12.3. The zero-order chi connectivity index (χ0) is 14.4. The van der Waals surface area contributed by atoms with E-state index in [-0.39, 0.29) is 24.8 Å². The SMILES string of the molecule is CCN(CC(=O)c1ccc(Cl)cc1)CC(=O)N(C)C. The first kappa shape index (κ1) is 15.7. The van der Waals surface area contributed by atoms with Gasteiger partial charge in [-0.25, -0.2) is 0 Å². The molecular weight excluding hydrogens is 264 g/mol. The van der Waals surface area contributed by atoms with Gasteiger partial charge in [0.1, 0.15) is 0 Å². The van der Waals surface area contributed by atoms with E-state index in [1.54, 1.807) is 38.4 Å². The maximum absolute atomic E-state index is 12.1. The Labute approximate surface area is 118 Å². The number of carbonyl (C=O) groups is 2. The van der Waals surface area contributed by atoms with E-state index in [1.165, 1.54) is 4.90 Å². The molecule has 1 amide bonds. The summed E-state index contributed by atoms with van der Waals surface area (Å²) < 4.78 is 0. The van der Waals surface area contributed by atoms with Gasteiger partial charge < -0.3 is 4.90 Å². The summed E-state index contributed by atoms with van der Waals surface area (Å²) in [5, 5.41) is 0.603. The molecular formula is C14H19ClN2O2. The molecule has 0 N–H and O–H groups in total. The second kappa shape index (κ2) is 7.26. The number of rotatable bonds is 6. The Morgan fingerprint density at radius 2 is 1.68 bits per heavy atom. The van der Waals surface area contributed by atoms with Crippen molar-refractivity contribution in [2.75, 3.05) is 33.7 Å². The number of hydrogen-bond acceptors (Lipinski definition) is 3. The molecule has 0 spiro atoms. The molecule has 1 rings (SSSR count). The van der Waals surface area contributed by atoms with E-state index in [4.69, 9.17) is 11.6 Å². The minimum Gasteiger partial charge on any atom is -0.348 e. The number of ketones is 1. The molecule has 0 aliphatic heterocycles. The summed E-state index contributed by atoms with van der Waals surface area (Å²) >= 11 is 5.78. The summed E-state index contributed by atoms with van der Waals surface area (Å²) in [6.45, 7) is 3.07. The summed E-state index contributed by atoms with van der Waals surface area (Å²) in [6.07, 6.45) is 0. The minimum absolute atomic E-state index is 0.00856. The second-order valence-corrected chi connectivity index (χ2v) is 4.96. The van der Waals surface area contributed by atoms with Crippen molar-refractivity contribution in [2.45, 2.75) is 6.92 Å². The van der Waals surface area contributed by atoms with Crippen molar-refractivity contribution in [3.8, 4) is 0 Å². The Balaban J connectivity index is 2.63. The zero-order valence-electron chi connectivity index (χ0n) is 11.5. The van der Waals surface area contributed by atoms with Crippen LogP contribution in [0.1, 0.15) is 17.3 Å². The van der Waals surface area contributed by atoms with Crippen LogP contribution in [0, 0.1) is 0 Å². The van der Waals surface area contributed by atoms with Gasteiger partial charge in [-0.05, 0) is 30.8 Å². The van der Waals surface area contributed by atoms with Crippen LogP contribution in [0.2, 0.25) is 5.02 Å². The summed E-state index contributed by atoms with van der Waals surface area (Å²) in [7, 11) is 3.41. The van der Waals surface area contributed by atoms with Crippen LogP contribution in [-0.2, 0) is 4.79 Å². The topological polar surface area (TPSA) is 40.6 Å². The van der Waals surface area contributed by atoms with Crippen LogP contribution in [0.5, 0.6) is 0 Å². The fourth-order valence-electron chi connectivity index (χ4n) is 1.54. The highest BCUT2D eigenvalue weighted by molar-refractivity contribution is 6.30. The molecule has 0 heterocycles. The van der Waals surface area contributed by atoms with Crippen molar-refractivity contribution < 1.29 is 9.59 Å². The van der Waals surface area contributed by atoms with Crippen molar-refractivity contribution in [3.63, 3.8) is 0 Å². The molecule has 104 valence electrons. The molecule has 0 aliphatic rings. The lowest BCUT2D eigenvalue weighted by atomic mass is 10.1. The normalized spacial score (nSPS) is 10.6. The summed E-state index contributed by atoms with van der Waals surface area (Å²) in [5.41, 5.74) is 0.611. The van der Waals surface area contributed by atoms with Gasteiger partial charge in [-0.3, -0.25) is 14.5 Å². The highest BCUT2D eigenvalue weighted by Crippen LogP contribution is 2.10. The number of benzene rings is 1. The first-order valence-corrected chi connectivity index (χ1v) is 6.53. The molecule has 1 aromatic rings. The highest BCUT2D eigenvalue weighted by Gasteiger charge is 2.15. The Bertz CT molecular complexity index is 443. The molecule has 5 heteroatoms. The van der Waals surface area contributed by atoms with Crippen molar-refractivity contribution in [1.82, 2.24) is 9.80 Å². The molecule has 0 radical (unpaired) electrons. The number of nitrogens with zero attached hydrogens (tertiary/aromatic N) is 2. The molecule has 0 atom stereocenters. The van der Waals surface area contributed by atoms with Gasteiger partial charge in [-0.2, -0.15) is 0 Å². The molecule has 1 aromatic carbocycles. The summed E-state index contributed by atoms with van der Waals surface area (Å²) in [6, 6.07) is 6.78. The van der Waals surface area contributed by atoms with Gasteiger partial charge >= 0.3 is 0 Å². The molecule has 19 heavy (non-hydrogen) atoms. The molecule has 0 bridgehead atoms. The average molecular weight is 283 g/mol. The monoisotopic (exact) mass is 282 g/mol. The first-order valence-electron chi connectivity index (χ1n) is 6.15. The fourth-order valence-corrected chi connectivity index (χ4v) is 1.67. The highest BCUT2D eigenvalue weighted by atomic mass is 35.5. The molecule has 0 saturated carbocycles. The quantitative estimate of drug-likeness (QED) is 0.749. The standard InChI is InChI=1S/C14H19ClN2O2/c1-4-17(10-14(19)16(2)3)9-13(18)11-5-7-12(15)8-6-11/h5-8H,4,9-10H2,1-3H3. The summed E-state index contributed by atoms with van der Waals surface area (Å²) in [5.74, 6) is -0.0178. The number of halogens is 1. The molecule has 0 unspecified atom stereocenters. The first-order chi connectivity index (χ1) is 8.93. The van der Waals surface area contributed by atoms with E-state index < -0.39 is 0 Å².